The fraction of sp³-hybridized carbons (Fsp3) is 0.409. The number of amides is 1. The molecule has 2 rings (SSSR count). The SMILES string of the molecule is CCNC(=NCC(=O)N(C)CCc1ccccn1)NC(C)c1ccc(C)c(F)c1. The second kappa shape index (κ2) is 11.1. The zero-order valence-electron chi connectivity index (χ0n) is 17.6. The zero-order valence-corrected chi connectivity index (χ0v) is 17.6. The molecular weight excluding hydrogens is 369 g/mol. The van der Waals surface area contributed by atoms with Crippen molar-refractivity contribution in [1.82, 2.24) is 20.5 Å². The van der Waals surface area contributed by atoms with Gasteiger partial charge in [-0.15, -0.1) is 0 Å². The smallest absolute Gasteiger partial charge is 0.244 e. The highest BCUT2D eigenvalue weighted by atomic mass is 19.1. The van der Waals surface area contributed by atoms with E-state index in [1.54, 1.807) is 31.1 Å². The molecule has 1 heterocycles. The van der Waals surface area contributed by atoms with Crippen LogP contribution in [0.1, 0.15) is 36.7 Å². The van der Waals surface area contributed by atoms with Crippen LogP contribution >= 0.6 is 0 Å². The van der Waals surface area contributed by atoms with Crippen molar-refractivity contribution in [3.63, 3.8) is 0 Å². The van der Waals surface area contributed by atoms with Gasteiger partial charge in [-0.2, -0.15) is 0 Å². The Morgan fingerprint density at radius 1 is 1.31 bits per heavy atom. The predicted octanol–water partition coefficient (Wildman–Crippen LogP) is 2.85. The fourth-order valence-electron chi connectivity index (χ4n) is 2.71. The summed E-state index contributed by atoms with van der Waals surface area (Å²) < 4.78 is 13.8. The first-order chi connectivity index (χ1) is 13.9. The van der Waals surface area contributed by atoms with Crippen LogP contribution in [0.3, 0.4) is 0 Å². The largest absolute Gasteiger partial charge is 0.357 e. The molecule has 0 aliphatic heterocycles. The van der Waals surface area contributed by atoms with Crippen LogP contribution in [0.5, 0.6) is 0 Å². The molecule has 6 nitrogen and oxygen atoms in total. The van der Waals surface area contributed by atoms with E-state index in [0.717, 1.165) is 11.3 Å². The summed E-state index contributed by atoms with van der Waals surface area (Å²) in [6, 6.07) is 10.8. The van der Waals surface area contributed by atoms with Gasteiger partial charge in [-0.25, -0.2) is 9.38 Å². The zero-order chi connectivity index (χ0) is 21.2. The van der Waals surface area contributed by atoms with Crippen LogP contribution < -0.4 is 10.6 Å². The summed E-state index contributed by atoms with van der Waals surface area (Å²) in [6.45, 7) is 6.88. The standard InChI is InChI=1S/C22H30FN5O/c1-5-24-22(27-17(3)18-10-9-16(2)20(23)14-18)26-15-21(29)28(4)13-11-19-8-6-7-12-25-19/h6-10,12,14,17H,5,11,13,15H2,1-4H3,(H2,24,26,27). The number of pyridine rings is 1. The maximum absolute atomic E-state index is 13.8. The van der Waals surface area contributed by atoms with Gasteiger partial charge in [-0.05, 0) is 50.1 Å². The van der Waals surface area contributed by atoms with Crippen molar-refractivity contribution < 1.29 is 9.18 Å². The molecule has 156 valence electrons. The molecule has 1 aromatic heterocycles. The number of carbonyl (C=O) groups is 1. The summed E-state index contributed by atoms with van der Waals surface area (Å²) in [6.07, 6.45) is 2.44. The first-order valence-corrected chi connectivity index (χ1v) is 9.85. The van der Waals surface area contributed by atoms with Gasteiger partial charge in [0.05, 0.1) is 6.04 Å². The summed E-state index contributed by atoms with van der Waals surface area (Å²) in [7, 11) is 1.76. The molecule has 0 saturated heterocycles. The van der Waals surface area contributed by atoms with E-state index >= 15 is 0 Å². The lowest BCUT2D eigenvalue weighted by molar-refractivity contribution is -0.128. The van der Waals surface area contributed by atoms with Crippen LogP contribution in [-0.2, 0) is 11.2 Å². The van der Waals surface area contributed by atoms with E-state index < -0.39 is 0 Å². The number of carbonyl (C=O) groups excluding carboxylic acids is 1. The van der Waals surface area contributed by atoms with Crippen LogP contribution in [0.15, 0.2) is 47.6 Å². The highest BCUT2D eigenvalue weighted by Crippen LogP contribution is 2.16. The van der Waals surface area contributed by atoms with Gasteiger partial charge in [-0.3, -0.25) is 9.78 Å². The molecule has 0 aliphatic rings. The van der Waals surface area contributed by atoms with E-state index in [2.05, 4.69) is 20.6 Å². The van der Waals surface area contributed by atoms with Crippen molar-refractivity contribution in [2.75, 3.05) is 26.7 Å². The summed E-state index contributed by atoms with van der Waals surface area (Å²) >= 11 is 0. The third kappa shape index (κ3) is 7.18. The van der Waals surface area contributed by atoms with E-state index in [4.69, 9.17) is 0 Å². The van der Waals surface area contributed by atoms with Crippen molar-refractivity contribution in [3.8, 4) is 0 Å². The van der Waals surface area contributed by atoms with E-state index in [1.807, 2.05) is 38.1 Å². The highest BCUT2D eigenvalue weighted by molar-refractivity contribution is 5.85. The van der Waals surface area contributed by atoms with Crippen LogP contribution in [0, 0.1) is 12.7 Å². The number of rotatable bonds is 8. The molecule has 2 N–H and O–H groups in total. The lowest BCUT2D eigenvalue weighted by Crippen LogP contribution is -2.40. The predicted molar refractivity (Wildman–Crippen MR) is 114 cm³/mol. The fourth-order valence-corrected chi connectivity index (χ4v) is 2.71. The number of nitrogens with one attached hydrogen (secondary N) is 2. The third-order valence-corrected chi connectivity index (χ3v) is 4.62. The Kier molecular flexibility index (Phi) is 8.58. The lowest BCUT2D eigenvalue weighted by Gasteiger charge is -2.19. The van der Waals surface area contributed by atoms with Gasteiger partial charge in [-0.1, -0.05) is 18.2 Å². The normalized spacial score (nSPS) is 12.4. The van der Waals surface area contributed by atoms with Gasteiger partial charge < -0.3 is 15.5 Å². The molecule has 0 fully saturated rings. The first kappa shape index (κ1) is 22.3. The number of likely N-dealkylation sites (N-methyl/N-ethyl adjacent to an activating group) is 1. The van der Waals surface area contributed by atoms with Crippen LogP contribution in [-0.4, -0.2) is 48.4 Å². The molecule has 29 heavy (non-hydrogen) atoms. The maximum Gasteiger partial charge on any atom is 0.244 e. The van der Waals surface area contributed by atoms with Gasteiger partial charge in [0.25, 0.3) is 0 Å². The number of halogens is 1. The van der Waals surface area contributed by atoms with Gasteiger partial charge in [0, 0.05) is 38.4 Å². The molecule has 2 aromatic rings. The average molecular weight is 400 g/mol. The lowest BCUT2D eigenvalue weighted by atomic mass is 10.1. The minimum absolute atomic E-state index is 0.0308. The molecule has 0 aliphatic carbocycles. The highest BCUT2D eigenvalue weighted by Gasteiger charge is 2.12. The number of benzene rings is 1. The van der Waals surface area contributed by atoms with E-state index in [-0.39, 0.29) is 24.3 Å². The molecule has 0 radical (unpaired) electrons. The number of guanidine groups is 1. The van der Waals surface area contributed by atoms with Crippen molar-refractivity contribution in [3.05, 3.63) is 65.2 Å². The Hall–Kier alpha value is -2.96. The monoisotopic (exact) mass is 399 g/mol. The molecule has 0 saturated carbocycles. The minimum Gasteiger partial charge on any atom is -0.357 e. The third-order valence-electron chi connectivity index (χ3n) is 4.62. The molecule has 0 bridgehead atoms. The molecule has 1 aromatic carbocycles. The number of aliphatic imine (C=N–C) groups is 1. The Balaban J connectivity index is 1.92. The number of nitrogens with zero attached hydrogens (tertiary/aromatic N) is 3. The summed E-state index contributed by atoms with van der Waals surface area (Å²) in [5.41, 5.74) is 2.38. The van der Waals surface area contributed by atoms with Gasteiger partial charge in [0.1, 0.15) is 12.4 Å². The molecule has 1 amide bonds. The average Bonchev–Trinajstić information content (AvgIpc) is 2.72. The Bertz CT molecular complexity index is 825. The molecule has 7 heteroatoms. The van der Waals surface area contributed by atoms with Crippen molar-refractivity contribution in [2.45, 2.75) is 33.2 Å². The topological polar surface area (TPSA) is 69.6 Å². The Morgan fingerprint density at radius 2 is 2.10 bits per heavy atom. The molecule has 1 unspecified atom stereocenters. The minimum atomic E-state index is -0.234. The van der Waals surface area contributed by atoms with E-state index in [1.165, 1.54) is 6.07 Å². The van der Waals surface area contributed by atoms with Gasteiger partial charge in [0.15, 0.2) is 5.96 Å². The maximum atomic E-state index is 13.8. The second-order valence-electron chi connectivity index (χ2n) is 6.96. The van der Waals surface area contributed by atoms with Gasteiger partial charge in [0.2, 0.25) is 5.91 Å². The number of hydrogen-bond donors (Lipinski definition) is 2. The van der Waals surface area contributed by atoms with Crippen LogP contribution in [0.4, 0.5) is 4.39 Å². The summed E-state index contributed by atoms with van der Waals surface area (Å²) in [5.74, 6) is 0.211. The van der Waals surface area contributed by atoms with Crippen LogP contribution in [0.25, 0.3) is 0 Å². The quantitative estimate of drug-likeness (QED) is 0.529. The molecule has 0 spiro atoms. The van der Waals surface area contributed by atoms with Crippen molar-refractivity contribution in [1.29, 1.82) is 0 Å². The number of hydrogen-bond acceptors (Lipinski definition) is 3. The summed E-state index contributed by atoms with van der Waals surface area (Å²) in [4.78, 5) is 22.7. The molecular formula is C22H30FN5O. The van der Waals surface area contributed by atoms with E-state index in [0.29, 0.717) is 31.0 Å². The number of aryl methyl sites for hydroxylation is 1. The van der Waals surface area contributed by atoms with Crippen LogP contribution in [0.2, 0.25) is 0 Å². The molecule has 1 atom stereocenters. The van der Waals surface area contributed by atoms with Crippen molar-refractivity contribution >= 4 is 11.9 Å². The first-order valence-electron chi connectivity index (χ1n) is 9.85. The summed E-state index contributed by atoms with van der Waals surface area (Å²) in [5, 5.41) is 6.35. The Morgan fingerprint density at radius 3 is 2.76 bits per heavy atom. The van der Waals surface area contributed by atoms with E-state index in [9.17, 15) is 9.18 Å². The Labute approximate surface area is 172 Å². The van der Waals surface area contributed by atoms with Gasteiger partial charge >= 0.3 is 0 Å². The number of aromatic nitrogens is 1. The van der Waals surface area contributed by atoms with Crippen molar-refractivity contribution in [2.24, 2.45) is 4.99 Å². The second-order valence-corrected chi connectivity index (χ2v) is 6.96.